The molecule has 156 valence electrons. The lowest BCUT2D eigenvalue weighted by atomic mass is 10.2. The molecule has 1 saturated heterocycles. The number of pyridine rings is 1. The smallest absolute Gasteiger partial charge is 0.234 e. The second kappa shape index (κ2) is 9.78. The SMILES string of the molecule is O=C(CSc1nnc(-c2ccncc2)n1C[C@H]1CCCO1)Nc1cc(Cl)ccc1Cl. The van der Waals surface area contributed by atoms with Gasteiger partial charge in [0.2, 0.25) is 5.91 Å². The number of carbonyl (C=O) groups is 1. The normalized spacial score (nSPS) is 16.0. The van der Waals surface area contributed by atoms with Gasteiger partial charge in [-0.15, -0.1) is 10.2 Å². The van der Waals surface area contributed by atoms with Crippen molar-refractivity contribution in [2.75, 3.05) is 17.7 Å². The van der Waals surface area contributed by atoms with Gasteiger partial charge in [-0.3, -0.25) is 14.3 Å². The van der Waals surface area contributed by atoms with Gasteiger partial charge in [0.25, 0.3) is 0 Å². The number of hydrogen-bond donors (Lipinski definition) is 1. The topological polar surface area (TPSA) is 81.9 Å². The molecule has 1 aliphatic heterocycles. The van der Waals surface area contributed by atoms with Crippen molar-refractivity contribution >= 4 is 46.6 Å². The summed E-state index contributed by atoms with van der Waals surface area (Å²) in [6, 6.07) is 8.71. The van der Waals surface area contributed by atoms with Gasteiger partial charge in [0.05, 0.1) is 29.1 Å². The van der Waals surface area contributed by atoms with Crippen molar-refractivity contribution in [3.05, 3.63) is 52.8 Å². The molecule has 4 rings (SSSR count). The molecule has 1 N–H and O–H groups in total. The fourth-order valence-electron chi connectivity index (χ4n) is 3.18. The Morgan fingerprint density at radius 3 is 2.83 bits per heavy atom. The van der Waals surface area contributed by atoms with Crippen LogP contribution in [0.4, 0.5) is 5.69 Å². The highest BCUT2D eigenvalue weighted by Crippen LogP contribution is 2.28. The summed E-state index contributed by atoms with van der Waals surface area (Å²) >= 11 is 13.4. The van der Waals surface area contributed by atoms with Crippen LogP contribution in [0.25, 0.3) is 11.4 Å². The summed E-state index contributed by atoms with van der Waals surface area (Å²) in [5.41, 5.74) is 1.39. The molecule has 1 fully saturated rings. The zero-order valence-electron chi connectivity index (χ0n) is 15.9. The molecule has 0 bridgehead atoms. The number of hydrogen-bond acceptors (Lipinski definition) is 6. The molecule has 7 nitrogen and oxygen atoms in total. The zero-order valence-corrected chi connectivity index (χ0v) is 18.3. The van der Waals surface area contributed by atoms with E-state index < -0.39 is 0 Å². The van der Waals surface area contributed by atoms with Crippen molar-refractivity contribution in [2.24, 2.45) is 0 Å². The largest absolute Gasteiger partial charge is 0.376 e. The molecule has 0 unspecified atom stereocenters. The van der Waals surface area contributed by atoms with Crippen molar-refractivity contribution in [3.63, 3.8) is 0 Å². The Labute approximate surface area is 188 Å². The summed E-state index contributed by atoms with van der Waals surface area (Å²) in [5, 5.41) is 13.0. The molecule has 10 heteroatoms. The van der Waals surface area contributed by atoms with Gasteiger partial charge in [-0.2, -0.15) is 0 Å². The first-order valence-corrected chi connectivity index (χ1v) is 11.2. The second-order valence-electron chi connectivity index (χ2n) is 6.75. The van der Waals surface area contributed by atoms with Crippen LogP contribution in [-0.2, 0) is 16.1 Å². The van der Waals surface area contributed by atoms with Crippen molar-refractivity contribution < 1.29 is 9.53 Å². The Morgan fingerprint density at radius 2 is 2.07 bits per heavy atom. The van der Waals surface area contributed by atoms with E-state index in [4.69, 9.17) is 27.9 Å². The molecule has 1 amide bonds. The summed E-state index contributed by atoms with van der Waals surface area (Å²) in [6.07, 6.45) is 5.58. The van der Waals surface area contributed by atoms with Gasteiger partial charge in [-0.05, 0) is 43.2 Å². The number of nitrogens with one attached hydrogen (secondary N) is 1. The first-order chi connectivity index (χ1) is 14.6. The summed E-state index contributed by atoms with van der Waals surface area (Å²) in [6.45, 7) is 1.40. The maximum atomic E-state index is 12.5. The van der Waals surface area contributed by atoms with Crippen molar-refractivity contribution in [1.29, 1.82) is 0 Å². The second-order valence-corrected chi connectivity index (χ2v) is 8.53. The maximum Gasteiger partial charge on any atom is 0.234 e. The lowest BCUT2D eigenvalue weighted by Crippen LogP contribution is -2.18. The number of amides is 1. The Morgan fingerprint density at radius 1 is 1.23 bits per heavy atom. The van der Waals surface area contributed by atoms with E-state index in [0.29, 0.717) is 27.4 Å². The van der Waals surface area contributed by atoms with Gasteiger partial charge in [0.15, 0.2) is 11.0 Å². The highest BCUT2D eigenvalue weighted by molar-refractivity contribution is 7.99. The van der Waals surface area contributed by atoms with Crippen LogP contribution in [0.5, 0.6) is 0 Å². The third-order valence-electron chi connectivity index (χ3n) is 4.60. The molecular weight excluding hydrogens is 445 g/mol. The minimum absolute atomic E-state index is 0.111. The first kappa shape index (κ1) is 21.1. The third kappa shape index (κ3) is 5.13. The summed E-state index contributed by atoms with van der Waals surface area (Å²) in [4.78, 5) is 16.5. The van der Waals surface area contributed by atoms with Gasteiger partial charge < -0.3 is 10.1 Å². The monoisotopic (exact) mass is 463 g/mol. The van der Waals surface area contributed by atoms with Gasteiger partial charge in [-0.25, -0.2) is 0 Å². The van der Waals surface area contributed by atoms with E-state index in [1.165, 1.54) is 11.8 Å². The van der Waals surface area contributed by atoms with Crippen molar-refractivity contribution in [3.8, 4) is 11.4 Å². The van der Waals surface area contributed by atoms with E-state index in [-0.39, 0.29) is 17.8 Å². The number of ether oxygens (including phenoxy) is 1. The Bertz CT molecular complexity index is 1030. The Hall–Kier alpha value is -2.13. The minimum Gasteiger partial charge on any atom is -0.376 e. The van der Waals surface area contributed by atoms with Gasteiger partial charge in [0, 0.05) is 29.6 Å². The summed E-state index contributed by atoms with van der Waals surface area (Å²) < 4.78 is 7.81. The fourth-order valence-corrected chi connectivity index (χ4v) is 4.26. The highest BCUT2D eigenvalue weighted by Gasteiger charge is 2.22. The van der Waals surface area contributed by atoms with E-state index in [9.17, 15) is 4.79 Å². The lowest BCUT2D eigenvalue weighted by molar-refractivity contribution is -0.113. The number of thioether (sulfide) groups is 1. The molecule has 0 radical (unpaired) electrons. The molecule has 1 aliphatic rings. The lowest BCUT2D eigenvalue weighted by Gasteiger charge is -2.14. The number of benzene rings is 1. The predicted molar refractivity (Wildman–Crippen MR) is 118 cm³/mol. The fraction of sp³-hybridized carbons (Fsp3) is 0.300. The van der Waals surface area contributed by atoms with Crippen molar-refractivity contribution in [2.45, 2.75) is 30.6 Å². The average molecular weight is 464 g/mol. The molecule has 0 aliphatic carbocycles. The summed E-state index contributed by atoms with van der Waals surface area (Å²) in [7, 11) is 0. The third-order valence-corrected chi connectivity index (χ3v) is 6.13. The number of aromatic nitrogens is 4. The van der Waals surface area contributed by atoms with Crippen LogP contribution < -0.4 is 5.32 Å². The number of carbonyl (C=O) groups excluding carboxylic acids is 1. The van der Waals surface area contributed by atoms with Crippen LogP contribution in [0.2, 0.25) is 10.0 Å². The predicted octanol–water partition coefficient (Wildman–Crippen LogP) is 4.56. The number of rotatable bonds is 7. The maximum absolute atomic E-state index is 12.5. The Balaban J connectivity index is 1.49. The first-order valence-electron chi connectivity index (χ1n) is 9.43. The van der Waals surface area contributed by atoms with E-state index in [2.05, 4.69) is 20.5 Å². The van der Waals surface area contributed by atoms with Crippen LogP contribution in [0, 0.1) is 0 Å². The molecule has 3 aromatic rings. The van der Waals surface area contributed by atoms with Crippen LogP contribution in [0.3, 0.4) is 0 Å². The molecule has 0 saturated carbocycles. The molecule has 3 heterocycles. The van der Waals surface area contributed by atoms with Gasteiger partial charge >= 0.3 is 0 Å². The number of anilines is 1. The van der Waals surface area contributed by atoms with E-state index in [1.54, 1.807) is 30.6 Å². The standard InChI is InChI=1S/C20H19Cl2N5O2S/c21-14-3-4-16(22)17(10-14)24-18(28)12-30-20-26-25-19(13-5-7-23-8-6-13)27(20)11-15-2-1-9-29-15/h3-8,10,15H,1-2,9,11-12H2,(H,24,28)/t15-/m1/s1. The minimum atomic E-state index is -0.207. The highest BCUT2D eigenvalue weighted by atomic mass is 35.5. The number of nitrogens with zero attached hydrogens (tertiary/aromatic N) is 4. The Kier molecular flexibility index (Phi) is 6.89. The van der Waals surface area contributed by atoms with E-state index >= 15 is 0 Å². The molecular formula is C20H19Cl2N5O2S. The van der Waals surface area contributed by atoms with Crippen LogP contribution in [0.15, 0.2) is 47.9 Å². The van der Waals surface area contributed by atoms with Gasteiger partial charge in [0.1, 0.15) is 0 Å². The zero-order chi connectivity index (χ0) is 20.9. The van der Waals surface area contributed by atoms with E-state index in [1.807, 2.05) is 16.7 Å². The molecule has 30 heavy (non-hydrogen) atoms. The van der Waals surface area contributed by atoms with Gasteiger partial charge in [-0.1, -0.05) is 35.0 Å². The van der Waals surface area contributed by atoms with Crippen LogP contribution >= 0.6 is 35.0 Å². The summed E-state index contributed by atoms with van der Waals surface area (Å²) in [5.74, 6) is 0.679. The molecule has 1 aromatic carbocycles. The average Bonchev–Trinajstić information content (AvgIpc) is 3.40. The van der Waals surface area contributed by atoms with Crippen molar-refractivity contribution in [1.82, 2.24) is 19.7 Å². The molecule has 2 aromatic heterocycles. The molecule has 1 atom stereocenters. The van der Waals surface area contributed by atoms with Crippen LogP contribution in [0.1, 0.15) is 12.8 Å². The molecule has 0 spiro atoms. The van der Waals surface area contributed by atoms with Crippen LogP contribution in [-0.4, -0.2) is 44.1 Å². The quantitative estimate of drug-likeness (QED) is 0.517. The number of halogens is 2. The van der Waals surface area contributed by atoms with E-state index in [0.717, 1.165) is 30.8 Å².